The third-order valence-electron chi connectivity index (χ3n) is 4.27. The van der Waals surface area contributed by atoms with Crippen LogP contribution in [0.1, 0.15) is 12.5 Å². The van der Waals surface area contributed by atoms with E-state index in [1.54, 1.807) is 11.6 Å². The molecule has 0 radical (unpaired) electrons. The molecule has 0 fully saturated rings. The smallest absolute Gasteiger partial charge is 0.189 e. The zero-order valence-electron chi connectivity index (χ0n) is 14.2. The molecule has 0 spiro atoms. The summed E-state index contributed by atoms with van der Waals surface area (Å²) in [5.41, 5.74) is 4.83. The molecular formula is C20H18N4O. The summed E-state index contributed by atoms with van der Waals surface area (Å²) in [7, 11) is 1.65. The summed E-state index contributed by atoms with van der Waals surface area (Å²) >= 11 is 0. The van der Waals surface area contributed by atoms with Gasteiger partial charge in [-0.15, -0.1) is 10.2 Å². The maximum absolute atomic E-state index is 5.45. The van der Waals surface area contributed by atoms with Gasteiger partial charge in [0.2, 0.25) is 0 Å². The molecule has 5 heteroatoms. The molecule has 0 aliphatic rings. The first kappa shape index (κ1) is 15.3. The number of fused-ring (bicyclic) bond motifs is 1. The average Bonchev–Trinajstić information content (AvgIpc) is 3.11. The van der Waals surface area contributed by atoms with Crippen LogP contribution in [0.5, 0.6) is 5.75 Å². The number of para-hydroxylation sites is 1. The highest BCUT2D eigenvalue weighted by molar-refractivity contribution is 5.67. The highest BCUT2D eigenvalue weighted by atomic mass is 16.5. The SMILES string of the molecule is CCc1ccc(-c2ccc3nnc(-c4ccccc4OC)n3n2)cc1. The van der Waals surface area contributed by atoms with E-state index >= 15 is 0 Å². The summed E-state index contributed by atoms with van der Waals surface area (Å²) in [6, 6.07) is 20.1. The second-order valence-electron chi connectivity index (χ2n) is 5.76. The van der Waals surface area contributed by atoms with Crippen LogP contribution in [0.3, 0.4) is 0 Å². The van der Waals surface area contributed by atoms with E-state index in [1.807, 2.05) is 36.4 Å². The fourth-order valence-corrected chi connectivity index (χ4v) is 2.85. The Morgan fingerprint density at radius 1 is 0.920 bits per heavy atom. The fraction of sp³-hybridized carbons (Fsp3) is 0.150. The average molecular weight is 330 g/mol. The molecule has 0 aliphatic carbocycles. The van der Waals surface area contributed by atoms with Crippen molar-refractivity contribution in [2.45, 2.75) is 13.3 Å². The minimum absolute atomic E-state index is 0.666. The second-order valence-corrected chi connectivity index (χ2v) is 5.76. The van der Waals surface area contributed by atoms with Crippen molar-refractivity contribution in [2.24, 2.45) is 0 Å². The van der Waals surface area contributed by atoms with Gasteiger partial charge >= 0.3 is 0 Å². The predicted molar refractivity (Wildman–Crippen MR) is 97.6 cm³/mol. The van der Waals surface area contributed by atoms with Gasteiger partial charge in [-0.1, -0.05) is 43.3 Å². The summed E-state index contributed by atoms with van der Waals surface area (Å²) in [5.74, 6) is 1.41. The number of hydrogen-bond donors (Lipinski definition) is 0. The Morgan fingerprint density at radius 3 is 2.48 bits per heavy atom. The number of nitrogens with zero attached hydrogens (tertiary/aromatic N) is 4. The van der Waals surface area contributed by atoms with Crippen molar-refractivity contribution < 1.29 is 4.74 Å². The zero-order valence-corrected chi connectivity index (χ0v) is 14.2. The van der Waals surface area contributed by atoms with Gasteiger partial charge in [0.15, 0.2) is 11.5 Å². The van der Waals surface area contributed by atoms with Crippen LogP contribution in [0.15, 0.2) is 60.7 Å². The maximum Gasteiger partial charge on any atom is 0.189 e. The Labute approximate surface area is 145 Å². The van der Waals surface area contributed by atoms with Crippen LogP contribution < -0.4 is 4.74 Å². The molecule has 4 rings (SSSR count). The molecule has 0 saturated carbocycles. The quantitative estimate of drug-likeness (QED) is 0.567. The molecular weight excluding hydrogens is 312 g/mol. The van der Waals surface area contributed by atoms with Crippen LogP contribution >= 0.6 is 0 Å². The van der Waals surface area contributed by atoms with Gasteiger partial charge in [-0.25, -0.2) is 0 Å². The van der Waals surface area contributed by atoms with Crippen molar-refractivity contribution in [1.29, 1.82) is 0 Å². The van der Waals surface area contributed by atoms with Crippen LogP contribution in [-0.2, 0) is 6.42 Å². The van der Waals surface area contributed by atoms with Gasteiger partial charge in [-0.3, -0.25) is 0 Å². The van der Waals surface area contributed by atoms with Crippen molar-refractivity contribution in [3.8, 4) is 28.4 Å². The van der Waals surface area contributed by atoms with Crippen molar-refractivity contribution in [3.63, 3.8) is 0 Å². The highest BCUT2D eigenvalue weighted by Crippen LogP contribution is 2.28. The topological polar surface area (TPSA) is 52.3 Å². The van der Waals surface area contributed by atoms with Crippen molar-refractivity contribution in [3.05, 3.63) is 66.2 Å². The third kappa shape index (κ3) is 2.74. The van der Waals surface area contributed by atoms with E-state index in [2.05, 4.69) is 41.4 Å². The summed E-state index contributed by atoms with van der Waals surface area (Å²) < 4.78 is 7.21. The van der Waals surface area contributed by atoms with E-state index in [-0.39, 0.29) is 0 Å². The normalized spacial score (nSPS) is 11.0. The largest absolute Gasteiger partial charge is 0.496 e. The molecule has 0 aliphatic heterocycles. The van der Waals surface area contributed by atoms with E-state index in [0.29, 0.717) is 11.5 Å². The van der Waals surface area contributed by atoms with Crippen molar-refractivity contribution in [2.75, 3.05) is 7.11 Å². The lowest BCUT2D eigenvalue weighted by atomic mass is 10.1. The first-order chi connectivity index (χ1) is 12.3. The Bertz CT molecular complexity index is 1020. The lowest BCUT2D eigenvalue weighted by molar-refractivity contribution is 0.416. The van der Waals surface area contributed by atoms with Gasteiger partial charge in [0.1, 0.15) is 5.75 Å². The molecule has 124 valence electrons. The van der Waals surface area contributed by atoms with Gasteiger partial charge in [0.05, 0.1) is 18.4 Å². The van der Waals surface area contributed by atoms with Gasteiger partial charge in [-0.2, -0.15) is 9.61 Å². The molecule has 2 aromatic carbocycles. The van der Waals surface area contributed by atoms with E-state index in [0.717, 1.165) is 29.0 Å². The molecule has 0 amide bonds. The molecule has 0 bridgehead atoms. The first-order valence-corrected chi connectivity index (χ1v) is 8.25. The number of rotatable bonds is 4. The van der Waals surface area contributed by atoms with E-state index in [4.69, 9.17) is 9.84 Å². The number of benzene rings is 2. The lowest BCUT2D eigenvalue weighted by Gasteiger charge is -2.07. The summed E-state index contributed by atoms with van der Waals surface area (Å²) in [5, 5.41) is 13.3. The highest BCUT2D eigenvalue weighted by Gasteiger charge is 2.14. The Kier molecular flexibility index (Phi) is 3.90. The molecule has 2 aromatic heterocycles. The standard InChI is InChI=1S/C20H18N4O/c1-3-14-8-10-15(11-9-14)17-12-13-19-21-22-20(24(19)23-17)16-6-4-5-7-18(16)25-2/h4-13H,3H2,1-2H3. The predicted octanol–water partition coefficient (Wildman–Crippen LogP) is 4.03. The van der Waals surface area contributed by atoms with Crippen molar-refractivity contribution >= 4 is 5.65 Å². The maximum atomic E-state index is 5.45. The van der Waals surface area contributed by atoms with Gasteiger partial charge in [-0.05, 0) is 36.2 Å². The molecule has 0 atom stereocenters. The van der Waals surface area contributed by atoms with Gasteiger partial charge < -0.3 is 4.74 Å². The molecule has 0 N–H and O–H groups in total. The molecule has 25 heavy (non-hydrogen) atoms. The molecule has 0 saturated heterocycles. The summed E-state index contributed by atoms with van der Waals surface area (Å²) in [4.78, 5) is 0. The monoisotopic (exact) mass is 330 g/mol. The third-order valence-corrected chi connectivity index (χ3v) is 4.27. The number of methoxy groups -OCH3 is 1. The van der Waals surface area contributed by atoms with Crippen LogP contribution in [0.25, 0.3) is 28.3 Å². The first-order valence-electron chi connectivity index (χ1n) is 8.25. The number of aryl methyl sites for hydroxylation is 1. The van der Waals surface area contributed by atoms with Gasteiger partial charge in [0.25, 0.3) is 0 Å². The van der Waals surface area contributed by atoms with Crippen LogP contribution in [0.2, 0.25) is 0 Å². The van der Waals surface area contributed by atoms with Crippen molar-refractivity contribution in [1.82, 2.24) is 19.8 Å². The van der Waals surface area contributed by atoms with E-state index in [9.17, 15) is 0 Å². The summed E-state index contributed by atoms with van der Waals surface area (Å²) in [6.45, 7) is 2.15. The van der Waals surface area contributed by atoms with Crippen LogP contribution in [0.4, 0.5) is 0 Å². The molecule has 2 heterocycles. The fourth-order valence-electron chi connectivity index (χ4n) is 2.85. The summed E-state index contributed by atoms with van der Waals surface area (Å²) in [6.07, 6.45) is 1.02. The van der Waals surface area contributed by atoms with Crippen LogP contribution in [-0.4, -0.2) is 26.9 Å². The zero-order chi connectivity index (χ0) is 17.2. The van der Waals surface area contributed by atoms with E-state index < -0.39 is 0 Å². The molecule has 5 nitrogen and oxygen atoms in total. The second kappa shape index (κ2) is 6.36. The Morgan fingerprint density at radius 2 is 1.72 bits per heavy atom. The number of aromatic nitrogens is 4. The van der Waals surface area contributed by atoms with Gasteiger partial charge in [0, 0.05) is 5.56 Å². The molecule has 0 unspecified atom stereocenters. The number of hydrogen-bond acceptors (Lipinski definition) is 4. The van der Waals surface area contributed by atoms with E-state index in [1.165, 1.54) is 5.56 Å². The minimum atomic E-state index is 0.666. The Hall–Kier alpha value is -3.21. The number of ether oxygens (including phenoxy) is 1. The molecule has 4 aromatic rings. The van der Waals surface area contributed by atoms with Crippen LogP contribution in [0, 0.1) is 0 Å². The minimum Gasteiger partial charge on any atom is -0.496 e. The lowest BCUT2D eigenvalue weighted by Crippen LogP contribution is -1.98. The Balaban J connectivity index is 1.85.